The Morgan fingerprint density at radius 2 is 2.16 bits per heavy atom. The highest BCUT2D eigenvalue weighted by Gasteiger charge is 2.39. The molecule has 0 saturated carbocycles. The molecular formula is C13H18ClNO3S. The second kappa shape index (κ2) is 5.79. The van der Waals surface area contributed by atoms with Gasteiger partial charge in [0.2, 0.25) is 0 Å². The van der Waals surface area contributed by atoms with Crippen molar-refractivity contribution >= 4 is 21.4 Å². The average Bonchev–Trinajstić information content (AvgIpc) is 2.60. The minimum absolute atomic E-state index is 0.0303. The van der Waals surface area contributed by atoms with Crippen LogP contribution in [-0.4, -0.2) is 48.6 Å². The molecule has 1 N–H and O–H groups in total. The van der Waals surface area contributed by atoms with Gasteiger partial charge in [-0.15, -0.1) is 0 Å². The summed E-state index contributed by atoms with van der Waals surface area (Å²) < 4.78 is 23.1. The van der Waals surface area contributed by atoms with Crippen LogP contribution in [0.1, 0.15) is 12.5 Å². The second-order valence-corrected chi connectivity index (χ2v) is 7.49. The van der Waals surface area contributed by atoms with Gasteiger partial charge in [-0.2, -0.15) is 0 Å². The number of nitrogens with zero attached hydrogens (tertiary/aromatic N) is 1. The average molecular weight is 304 g/mol. The van der Waals surface area contributed by atoms with E-state index in [4.69, 9.17) is 11.6 Å². The maximum absolute atomic E-state index is 11.6. The molecule has 2 rings (SSSR count). The molecule has 0 aliphatic carbocycles. The molecule has 2 atom stereocenters. The Hall–Kier alpha value is -0.620. The summed E-state index contributed by atoms with van der Waals surface area (Å²) in [5.74, 6) is -0.105. The number of aliphatic hydroxyl groups is 1. The normalized spacial score (nSPS) is 25.9. The van der Waals surface area contributed by atoms with E-state index in [9.17, 15) is 13.5 Å². The zero-order valence-electron chi connectivity index (χ0n) is 10.8. The lowest BCUT2D eigenvalue weighted by Crippen LogP contribution is -2.42. The van der Waals surface area contributed by atoms with Gasteiger partial charge in [0.1, 0.15) is 0 Å². The van der Waals surface area contributed by atoms with E-state index in [0.29, 0.717) is 18.1 Å². The van der Waals surface area contributed by atoms with Crippen molar-refractivity contribution in [3.63, 3.8) is 0 Å². The van der Waals surface area contributed by atoms with Gasteiger partial charge in [0.25, 0.3) is 0 Å². The van der Waals surface area contributed by atoms with Crippen molar-refractivity contribution in [2.45, 2.75) is 25.6 Å². The van der Waals surface area contributed by atoms with E-state index in [1.807, 2.05) is 30.0 Å². The summed E-state index contributed by atoms with van der Waals surface area (Å²) in [5.41, 5.74) is 1.02. The van der Waals surface area contributed by atoms with Gasteiger partial charge in [-0.25, -0.2) is 8.42 Å². The number of likely N-dealkylation sites (N-methyl/N-ethyl adjacent to an activating group) is 1. The first-order valence-electron chi connectivity index (χ1n) is 6.28. The van der Waals surface area contributed by atoms with E-state index in [0.717, 1.165) is 5.56 Å². The fourth-order valence-electron chi connectivity index (χ4n) is 2.49. The number of rotatable bonds is 4. The molecule has 0 bridgehead atoms. The summed E-state index contributed by atoms with van der Waals surface area (Å²) in [4.78, 5) is 1.99. The lowest BCUT2D eigenvalue weighted by Gasteiger charge is -2.28. The van der Waals surface area contributed by atoms with E-state index in [2.05, 4.69) is 0 Å². The monoisotopic (exact) mass is 303 g/mol. The van der Waals surface area contributed by atoms with Gasteiger partial charge >= 0.3 is 0 Å². The molecular weight excluding hydrogens is 286 g/mol. The Morgan fingerprint density at radius 1 is 1.42 bits per heavy atom. The van der Waals surface area contributed by atoms with Crippen molar-refractivity contribution in [2.75, 3.05) is 18.1 Å². The maximum Gasteiger partial charge on any atom is 0.154 e. The molecule has 1 aliphatic rings. The molecule has 106 valence electrons. The van der Waals surface area contributed by atoms with E-state index in [1.165, 1.54) is 0 Å². The summed E-state index contributed by atoms with van der Waals surface area (Å²) in [6.45, 7) is 3.24. The molecule has 6 heteroatoms. The van der Waals surface area contributed by atoms with Crippen LogP contribution < -0.4 is 0 Å². The molecule has 1 aromatic carbocycles. The van der Waals surface area contributed by atoms with Crippen molar-refractivity contribution in [1.82, 2.24) is 4.90 Å². The third kappa shape index (κ3) is 3.69. The van der Waals surface area contributed by atoms with Gasteiger partial charge in [-0.1, -0.05) is 30.7 Å². The predicted octanol–water partition coefficient (Wildman–Crippen LogP) is 1.32. The molecule has 0 spiro atoms. The topological polar surface area (TPSA) is 57.6 Å². The zero-order chi connectivity index (χ0) is 14.0. The van der Waals surface area contributed by atoms with Gasteiger partial charge in [-0.05, 0) is 24.2 Å². The molecule has 1 fully saturated rings. The Bertz CT molecular complexity index is 547. The van der Waals surface area contributed by atoms with Crippen LogP contribution in [0.4, 0.5) is 0 Å². The Balaban J connectivity index is 2.13. The Kier molecular flexibility index (Phi) is 4.50. The molecule has 4 nitrogen and oxygen atoms in total. The molecule has 19 heavy (non-hydrogen) atoms. The fraction of sp³-hybridized carbons (Fsp3) is 0.538. The second-order valence-electron chi connectivity index (χ2n) is 4.90. The SMILES string of the molecule is CCN(Cc1cccc(Cl)c1)[C@H]1CS(=O)(=O)C[C@@H]1O. The minimum Gasteiger partial charge on any atom is -0.390 e. The molecule has 1 aromatic rings. The molecule has 0 aromatic heterocycles. The van der Waals surface area contributed by atoms with Crippen molar-refractivity contribution in [1.29, 1.82) is 0 Å². The highest BCUT2D eigenvalue weighted by molar-refractivity contribution is 7.91. The van der Waals surface area contributed by atoms with Gasteiger partial charge < -0.3 is 5.11 Å². The first-order valence-corrected chi connectivity index (χ1v) is 8.48. The number of hydrogen-bond donors (Lipinski definition) is 1. The first-order chi connectivity index (χ1) is 8.91. The van der Waals surface area contributed by atoms with Gasteiger partial charge in [-0.3, -0.25) is 4.90 Å². The third-order valence-corrected chi connectivity index (χ3v) is 5.38. The van der Waals surface area contributed by atoms with Crippen molar-refractivity contribution in [3.8, 4) is 0 Å². The van der Waals surface area contributed by atoms with Crippen LogP contribution in [0.15, 0.2) is 24.3 Å². The Labute approximate surface area is 118 Å². The standard InChI is InChI=1S/C13H18ClNO3S/c1-2-15(7-10-4-3-5-11(14)6-10)12-8-19(17,18)9-13(12)16/h3-6,12-13,16H,2,7-9H2,1H3/t12-,13-/m0/s1. The van der Waals surface area contributed by atoms with Gasteiger partial charge in [0, 0.05) is 11.6 Å². The summed E-state index contributed by atoms with van der Waals surface area (Å²) >= 11 is 5.94. The Morgan fingerprint density at radius 3 is 2.68 bits per heavy atom. The van der Waals surface area contributed by atoms with Gasteiger partial charge in [0.05, 0.1) is 23.7 Å². The molecule has 1 heterocycles. The minimum atomic E-state index is -3.12. The van der Waals surface area contributed by atoms with Crippen LogP contribution in [0.25, 0.3) is 0 Å². The van der Waals surface area contributed by atoms with E-state index in [1.54, 1.807) is 6.07 Å². The maximum atomic E-state index is 11.6. The van der Waals surface area contributed by atoms with Crippen LogP contribution in [0.5, 0.6) is 0 Å². The highest BCUT2D eigenvalue weighted by atomic mass is 35.5. The van der Waals surface area contributed by atoms with E-state index < -0.39 is 15.9 Å². The lowest BCUT2D eigenvalue weighted by atomic mass is 10.1. The number of halogens is 1. The number of benzene rings is 1. The smallest absolute Gasteiger partial charge is 0.154 e. The van der Waals surface area contributed by atoms with Crippen molar-refractivity contribution < 1.29 is 13.5 Å². The van der Waals surface area contributed by atoms with Crippen LogP contribution in [0, 0.1) is 0 Å². The molecule has 1 aliphatic heterocycles. The number of hydrogen-bond acceptors (Lipinski definition) is 4. The summed E-state index contributed by atoms with van der Waals surface area (Å²) in [5, 5.41) is 10.6. The summed E-state index contributed by atoms with van der Waals surface area (Å²) in [6.07, 6.45) is -0.802. The quantitative estimate of drug-likeness (QED) is 0.911. The zero-order valence-corrected chi connectivity index (χ0v) is 12.4. The first kappa shape index (κ1) is 14.8. The third-order valence-electron chi connectivity index (χ3n) is 3.44. The predicted molar refractivity (Wildman–Crippen MR) is 76.0 cm³/mol. The number of aliphatic hydroxyl groups excluding tert-OH is 1. The van der Waals surface area contributed by atoms with Crippen LogP contribution in [0.3, 0.4) is 0 Å². The largest absolute Gasteiger partial charge is 0.390 e. The van der Waals surface area contributed by atoms with Gasteiger partial charge in [0.15, 0.2) is 9.84 Å². The molecule has 1 saturated heterocycles. The number of sulfone groups is 1. The van der Waals surface area contributed by atoms with E-state index in [-0.39, 0.29) is 17.5 Å². The molecule has 0 unspecified atom stereocenters. The fourth-order valence-corrected chi connectivity index (χ4v) is 4.54. The van der Waals surface area contributed by atoms with Crippen molar-refractivity contribution in [2.24, 2.45) is 0 Å². The summed E-state index contributed by atoms with van der Waals surface area (Å²) in [6, 6.07) is 7.16. The summed E-state index contributed by atoms with van der Waals surface area (Å²) in [7, 11) is -3.12. The molecule has 0 amide bonds. The van der Waals surface area contributed by atoms with Crippen molar-refractivity contribution in [3.05, 3.63) is 34.9 Å². The van der Waals surface area contributed by atoms with Crippen LogP contribution >= 0.6 is 11.6 Å². The van der Waals surface area contributed by atoms with E-state index >= 15 is 0 Å². The molecule has 0 radical (unpaired) electrons. The van der Waals surface area contributed by atoms with Crippen LogP contribution in [-0.2, 0) is 16.4 Å². The van der Waals surface area contributed by atoms with Crippen LogP contribution in [0.2, 0.25) is 5.02 Å². The lowest BCUT2D eigenvalue weighted by molar-refractivity contribution is 0.0819. The highest BCUT2D eigenvalue weighted by Crippen LogP contribution is 2.21.